The smallest absolute Gasteiger partial charge is 0.101 e. The predicted molar refractivity (Wildman–Crippen MR) is 66.0 cm³/mol. The molecule has 0 bridgehead atoms. The van der Waals surface area contributed by atoms with Crippen molar-refractivity contribution < 1.29 is 4.74 Å². The molecule has 0 saturated heterocycles. The van der Waals surface area contributed by atoms with Crippen molar-refractivity contribution in [3.8, 4) is 6.07 Å². The molecule has 0 spiro atoms. The van der Waals surface area contributed by atoms with Crippen LogP contribution in [-0.2, 0) is 4.74 Å². The summed E-state index contributed by atoms with van der Waals surface area (Å²) in [6, 6.07) is 2.54. The highest BCUT2D eigenvalue weighted by atomic mass is 16.5. The predicted octanol–water partition coefficient (Wildman–Crippen LogP) is 1.36. The molecule has 0 amide bonds. The molecule has 0 fully saturated rings. The van der Waals surface area contributed by atoms with Crippen molar-refractivity contribution in [2.24, 2.45) is 5.73 Å². The summed E-state index contributed by atoms with van der Waals surface area (Å²) in [5, 5.41) is 8.80. The van der Waals surface area contributed by atoms with Crippen molar-refractivity contribution in [3.05, 3.63) is 0 Å². The zero-order chi connectivity index (χ0) is 12.6. The maximum Gasteiger partial charge on any atom is 0.101 e. The molecule has 4 heteroatoms. The molecule has 0 aromatic rings. The minimum Gasteiger partial charge on any atom is -0.383 e. The molecule has 0 heterocycles. The van der Waals surface area contributed by atoms with Gasteiger partial charge < -0.3 is 10.5 Å². The molecule has 94 valence electrons. The van der Waals surface area contributed by atoms with Crippen molar-refractivity contribution >= 4 is 0 Å². The average molecular weight is 227 g/mol. The Morgan fingerprint density at radius 3 is 2.62 bits per heavy atom. The van der Waals surface area contributed by atoms with Gasteiger partial charge in [0.1, 0.15) is 5.54 Å². The fraction of sp³-hybridized carbons (Fsp3) is 0.917. The van der Waals surface area contributed by atoms with Gasteiger partial charge >= 0.3 is 0 Å². The topological polar surface area (TPSA) is 62.3 Å². The van der Waals surface area contributed by atoms with Crippen molar-refractivity contribution in [3.63, 3.8) is 0 Å². The van der Waals surface area contributed by atoms with Crippen LogP contribution in [0.15, 0.2) is 0 Å². The zero-order valence-electron chi connectivity index (χ0n) is 11.0. The summed E-state index contributed by atoms with van der Waals surface area (Å²) in [7, 11) is 1.72. The summed E-state index contributed by atoms with van der Waals surface area (Å²) in [4.78, 5) is 2.34. The van der Waals surface area contributed by atoms with Crippen molar-refractivity contribution in [2.75, 3.05) is 26.8 Å². The summed E-state index contributed by atoms with van der Waals surface area (Å²) < 4.78 is 5.14. The van der Waals surface area contributed by atoms with E-state index in [0.717, 1.165) is 32.5 Å². The Morgan fingerprint density at radius 2 is 2.19 bits per heavy atom. The average Bonchev–Trinajstić information content (AvgIpc) is 2.24. The lowest BCUT2D eigenvalue weighted by atomic mass is 9.99. The molecule has 0 radical (unpaired) electrons. The molecule has 0 rings (SSSR count). The number of nitrogens with zero attached hydrogens (tertiary/aromatic N) is 2. The van der Waals surface area contributed by atoms with Crippen molar-refractivity contribution in [1.29, 1.82) is 5.26 Å². The largest absolute Gasteiger partial charge is 0.383 e. The summed E-state index contributed by atoms with van der Waals surface area (Å²) in [5.41, 5.74) is 5.08. The van der Waals surface area contributed by atoms with Crippen LogP contribution in [0.25, 0.3) is 0 Å². The third-order valence-electron chi connectivity index (χ3n) is 2.83. The summed E-state index contributed by atoms with van der Waals surface area (Å²) in [6.45, 7) is 8.78. The Bertz CT molecular complexity index is 223. The second-order valence-corrected chi connectivity index (χ2v) is 4.57. The van der Waals surface area contributed by atoms with E-state index in [2.05, 4.69) is 24.8 Å². The molecule has 0 aliphatic rings. The van der Waals surface area contributed by atoms with Crippen LogP contribution in [0.2, 0.25) is 0 Å². The van der Waals surface area contributed by atoms with Gasteiger partial charge in [0.15, 0.2) is 0 Å². The van der Waals surface area contributed by atoms with E-state index in [9.17, 15) is 0 Å². The van der Waals surface area contributed by atoms with E-state index in [4.69, 9.17) is 15.7 Å². The van der Waals surface area contributed by atoms with E-state index in [1.165, 1.54) is 0 Å². The molecule has 2 atom stereocenters. The number of rotatable bonds is 8. The number of hydrogen-bond donors (Lipinski definition) is 1. The molecular formula is C12H25N3O. The van der Waals surface area contributed by atoms with Crippen LogP contribution in [-0.4, -0.2) is 43.3 Å². The summed E-state index contributed by atoms with van der Waals surface area (Å²) in [6.07, 6.45) is 1.68. The van der Waals surface area contributed by atoms with E-state index in [-0.39, 0.29) is 0 Å². The highest BCUT2D eigenvalue weighted by molar-refractivity contribution is 5.00. The number of nitriles is 1. The van der Waals surface area contributed by atoms with Crippen LogP contribution in [0.3, 0.4) is 0 Å². The lowest BCUT2D eigenvalue weighted by Gasteiger charge is -2.28. The number of methoxy groups -OCH3 is 1. The lowest BCUT2D eigenvalue weighted by Crippen LogP contribution is -2.39. The molecule has 0 aliphatic carbocycles. The summed E-state index contributed by atoms with van der Waals surface area (Å²) in [5.74, 6) is 0. The lowest BCUT2D eigenvalue weighted by molar-refractivity contribution is 0.101. The van der Waals surface area contributed by atoms with Gasteiger partial charge in [-0.05, 0) is 39.8 Å². The highest BCUT2D eigenvalue weighted by Crippen LogP contribution is 2.09. The number of nitrogens with two attached hydrogens (primary N) is 1. The van der Waals surface area contributed by atoms with E-state index in [1.807, 2.05) is 0 Å². The van der Waals surface area contributed by atoms with Gasteiger partial charge in [-0.2, -0.15) is 5.26 Å². The molecule has 0 aliphatic heterocycles. The van der Waals surface area contributed by atoms with E-state index in [0.29, 0.717) is 6.04 Å². The third-order valence-corrected chi connectivity index (χ3v) is 2.83. The first-order chi connectivity index (χ1) is 7.46. The van der Waals surface area contributed by atoms with Crippen LogP contribution in [0.1, 0.15) is 33.6 Å². The SMILES string of the molecule is CCN(CCCC(C)(N)C#N)C(C)COC. The van der Waals surface area contributed by atoms with Gasteiger partial charge in [-0.25, -0.2) is 0 Å². The van der Waals surface area contributed by atoms with Gasteiger partial charge in [-0.1, -0.05) is 6.92 Å². The standard InChI is InChI=1S/C12H25N3O/c1-5-15(11(2)9-16-4)8-6-7-12(3,14)10-13/h11H,5-9,14H2,1-4H3. The Hall–Kier alpha value is -0.630. The van der Waals surface area contributed by atoms with Gasteiger partial charge in [0, 0.05) is 13.2 Å². The maximum absolute atomic E-state index is 8.80. The molecule has 0 saturated carbocycles. The van der Waals surface area contributed by atoms with E-state index >= 15 is 0 Å². The minimum atomic E-state index is -0.691. The zero-order valence-corrected chi connectivity index (χ0v) is 11.0. The maximum atomic E-state index is 8.80. The number of hydrogen-bond acceptors (Lipinski definition) is 4. The first-order valence-corrected chi connectivity index (χ1v) is 5.90. The monoisotopic (exact) mass is 227 g/mol. The van der Waals surface area contributed by atoms with Crippen LogP contribution in [0.4, 0.5) is 0 Å². The van der Waals surface area contributed by atoms with Gasteiger partial charge in [0.2, 0.25) is 0 Å². The van der Waals surface area contributed by atoms with Gasteiger partial charge in [-0.3, -0.25) is 4.90 Å². The van der Waals surface area contributed by atoms with Crippen LogP contribution < -0.4 is 5.73 Å². The molecule has 0 aromatic carbocycles. The second kappa shape index (κ2) is 7.61. The van der Waals surface area contributed by atoms with Gasteiger partial charge in [0.05, 0.1) is 12.7 Å². The Labute approximate surface area is 99.4 Å². The highest BCUT2D eigenvalue weighted by Gasteiger charge is 2.18. The normalized spacial score (nSPS) is 16.8. The fourth-order valence-electron chi connectivity index (χ4n) is 1.74. The Balaban J connectivity index is 3.93. The van der Waals surface area contributed by atoms with Gasteiger partial charge in [0.25, 0.3) is 0 Å². The molecule has 2 unspecified atom stereocenters. The molecule has 0 aromatic heterocycles. The van der Waals surface area contributed by atoms with E-state index < -0.39 is 5.54 Å². The third kappa shape index (κ3) is 6.06. The molecular weight excluding hydrogens is 202 g/mol. The van der Waals surface area contributed by atoms with E-state index in [1.54, 1.807) is 14.0 Å². The van der Waals surface area contributed by atoms with Crippen molar-refractivity contribution in [1.82, 2.24) is 4.90 Å². The van der Waals surface area contributed by atoms with Gasteiger partial charge in [-0.15, -0.1) is 0 Å². The molecule has 4 nitrogen and oxygen atoms in total. The second-order valence-electron chi connectivity index (χ2n) is 4.57. The fourth-order valence-corrected chi connectivity index (χ4v) is 1.74. The molecule has 16 heavy (non-hydrogen) atoms. The molecule has 2 N–H and O–H groups in total. The Kier molecular flexibility index (Phi) is 7.31. The number of likely N-dealkylation sites (N-methyl/N-ethyl adjacent to an activating group) is 1. The summed E-state index contributed by atoms with van der Waals surface area (Å²) >= 11 is 0. The van der Waals surface area contributed by atoms with Crippen LogP contribution in [0.5, 0.6) is 0 Å². The van der Waals surface area contributed by atoms with Crippen LogP contribution >= 0.6 is 0 Å². The first-order valence-electron chi connectivity index (χ1n) is 5.90. The van der Waals surface area contributed by atoms with Crippen molar-refractivity contribution in [2.45, 2.75) is 45.2 Å². The van der Waals surface area contributed by atoms with Crippen LogP contribution in [0, 0.1) is 11.3 Å². The quantitative estimate of drug-likeness (QED) is 0.680. The number of ether oxygens (including phenoxy) is 1. The first kappa shape index (κ1) is 15.4. The minimum absolute atomic E-state index is 0.418. The Morgan fingerprint density at radius 1 is 1.56 bits per heavy atom.